The molecule has 0 bridgehead atoms. The summed E-state index contributed by atoms with van der Waals surface area (Å²) in [5.74, 6) is 0. The van der Waals surface area contributed by atoms with Crippen molar-refractivity contribution in [2.45, 2.75) is 78.6 Å². The first-order valence-corrected chi connectivity index (χ1v) is 31.8. The predicted molar refractivity (Wildman–Crippen MR) is 380 cm³/mol. The van der Waals surface area contributed by atoms with Crippen LogP contribution in [-0.2, 0) is 17.3 Å². The van der Waals surface area contributed by atoms with Gasteiger partial charge >= 0.3 is 0 Å². The Kier molecular flexibility index (Phi) is 12.9. The highest BCUT2D eigenvalue weighted by Gasteiger charge is 2.46. The Labute approximate surface area is 523 Å². The normalized spacial score (nSPS) is 13.0. The van der Waals surface area contributed by atoms with Crippen molar-refractivity contribution < 1.29 is 4.42 Å². The van der Waals surface area contributed by atoms with E-state index >= 15 is 0 Å². The average Bonchev–Trinajstić information content (AvgIpc) is 0.895. The SMILES string of the molecule is CCCCc1c(N2c3ccc(-c4ccccc4)cc3B3c4ccc(-n5c6ccccc6c6ccccc65)cc4N(c4c(-c5ccccc5)cc(C(C)(C)C)cc4-c4ccccc4)c4cc(C(C)(C)C)cc2c43)c(-c2ccccc2)cc2c1oc1ccccc12. The first-order chi connectivity index (χ1) is 43.4. The molecule has 0 N–H and O–H groups in total. The van der Waals surface area contributed by atoms with Crippen LogP contribution in [0.2, 0.25) is 0 Å². The van der Waals surface area contributed by atoms with E-state index in [1.54, 1.807) is 0 Å². The fraction of sp³-hybridized carbons (Fsp3) is 0.143. The van der Waals surface area contributed by atoms with Gasteiger partial charge < -0.3 is 18.8 Å². The summed E-state index contributed by atoms with van der Waals surface area (Å²) in [5.41, 5.74) is 28.8. The number of hydrogen-bond donors (Lipinski definition) is 0. The van der Waals surface area contributed by atoms with Gasteiger partial charge in [-0.1, -0.05) is 249 Å². The van der Waals surface area contributed by atoms with Gasteiger partial charge in [-0.3, -0.25) is 0 Å². The molecule has 0 saturated heterocycles. The maximum atomic E-state index is 7.23. The largest absolute Gasteiger partial charge is 0.456 e. The highest BCUT2D eigenvalue weighted by atomic mass is 16.3. The van der Waals surface area contributed by atoms with Crippen molar-refractivity contribution in [3.63, 3.8) is 0 Å². The lowest BCUT2D eigenvalue weighted by Crippen LogP contribution is -2.61. The van der Waals surface area contributed by atoms with Crippen molar-refractivity contribution in [3.8, 4) is 50.2 Å². The lowest BCUT2D eigenvalue weighted by Gasteiger charge is -2.46. The summed E-state index contributed by atoms with van der Waals surface area (Å²) in [5, 5.41) is 4.76. The Morgan fingerprint density at radius 3 is 1.44 bits per heavy atom. The van der Waals surface area contributed by atoms with Crippen LogP contribution in [0.3, 0.4) is 0 Å². The number of aromatic nitrogens is 1. The van der Waals surface area contributed by atoms with Crippen LogP contribution in [0.1, 0.15) is 78.0 Å². The fourth-order valence-electron chi connectivity index (χ4n) is 14.6. The first kappa shape index (κ1) is 54.3. The fourth-order valence-corrected chi connectivity index (χ4v) is 14.6. The molecule has 0 aliphatic carbocycles. The molecule has 5 heteroatoms. The summed E-state index contributed by atoms with van der Waals surface area (Å²) in [6, 6.07) is 98.2. The Bertz CT molecular complexity index is 4970. The van der Waals surface area contributed by atoms with Gasteiger partial charge in [0.05, 0.1) is 22.4 Å². The van der Waals surface area contributed by atoms with Crippen molar-refractivity contribution in [3.05, 3.63) is 278 Å². The van der Waals surface area contributed by atoms with Crippen molar-refractivity contribution in [1.82, 2.24) is 4.57 Å². The molecule has 12 aromatic carbocycles. The van der Waals surface area contributed by atoms with Crippen LogP contribution < -0.4 is 26.2 Å². The molecule has 0 saturated carbocycles. The molecular weight excluding hydrogens is 1080 g/mol. The van der Waals surface area contributed by atoms with Crippen molar-refractivity contribution in [2.24, 2.45) is 0 Å². The second-order valence-corrected chi connectivity index (χ2v) is 26.6. The molecule has 0 radical (unpaired) electrons. The Morgan fingerprint density at radius 2 is 0.876 bits per heavy atom. The smallest absolute Gasteiger partial charge is 0.252 e. The third kappa shape index (κ3) is 8.87. The molecule has 2 aromatic heterocycles. The van der Waals surface area contributed by atoms with Gasteiger partial charge in [0, 0.05) is 72.2 Å². The van der Waals surface area contributed by atoms with Crippen LogP contribution in [0, 0.1) is 0 Å². The molecule has 0 unspecified atom stereocenters. The molecule has 0 amide bonds. The summed E-state index contributed by atoms with van der Waals surface area (Å²) >= 11 is 0. The third-order valence-electron chi connectivity index (χ3n) is 19.1. The van der Waals surface area contributed by atoms with Gasteiger partial charge in [0.2, 0.25) is 0 Å². The summed E-state index contributed by atoms with van der Waals surface area (Å²) < 4.78 is 9.73. The number of anilines is 6. The van der Waals surface area contributed by atoms with Crippen molar-refractivity contribution in [2.75, 3.05) is 9.80 Å². The summed E-state index contributed by atoms with van der Waals surface area (Å²) in [4.78, 5) is 5.42. The zero-order chi connectivity index (χ0) is 60.3. The summed E-state index contributed by atoms with van der Waals surface area (Å²) in [6.45, 7) is 16.3. The number of aryl methyl sites for hydroxylation is 1. The van der Waals surface area contributed by atoms with E-state index in [4.69, 9.17) is 4.42 Å². The van der Waals surface area contributed by atoms with Gasteiger partial charge in [-0.15, -0.1) is 0 Å². The monoisotopic (exact) mass is 1150 g/mol. The number of unbranched alkanes of at least 4 members (excludes halogenated alkanes) is 1. The maximum Gasteiger partial charge on any atom is 0.252 e. The van der Waals surface area contributed by atoms with Crippen LogP contribution >= 0.6 is 0 Å². The van der Waals surface area contributed by atoms with Crippen molar-refractivity contribution in [1.29, 1.82) is 0 Å². The lowest BCUT2D eigenvalue weighted by atomic mass is 9.33. The van der Waals surface area contributed by atoms with Crippen LogP contribution in [0.25, 0.3) is 93.9 Å². The molecule has 14 aromatic rings. The molecule has 2 aliphatic rings. The Hall–Kier alpha value is -10.1. The van der Waals surface area contributed by atoms with Gasteiger partial charge in [0.15, 0.2) is 0 Å². The molecule has 4 nitrogen and oxygen atoms in total. The zero-order valence-corrected chi connectivity index (χ0v) is 51.8. The maximum absolute atomic E-state index is 7.23. The van der Waals surface area contributed by atoms with Gasteiger partial charge in [-0.2, -0.15) is 0 Å². The van der Waals surface area contributed by atoms with Crippen LogP contribution in [0.5, 0.6) is 0 Å². The van der Waals surface area contributed by atoms with E-state index in [1.807, 2.05) is 0 Å². The van der Waals surface area contributed by atoms with E-state index in [0.717, 1.165) is 58.3 Å². The number of para-hydroxylation sites is 3. The minimum Gasteiger partial charge on any atom is -0.456 e. The molecule has 0 spiro atoms. The van der Waals surface area contributed by atoms with Gasteiger partial charge in [0.1, 0.15) is 11.2 Å². The quantitative estimate of drug-likeness (QED) is 0.128. The predicted octanol–water partition coefficient (Wildman–Crippen LogP) is 21.4. The Balaban J connectivity index is 1.10. The number of nitrogens with zero attached hydrogens (tertiary/aromatic N) is 3. The topological polar surface area (TPSA) is 24.6 Å². The molecule has 89 heavy (non-hydrogen) atoms. The third-order valence-corrected chi connectivity index (χ3v) is 19.1. The second kappa shape index (κ2) is 21.1. The highest BCUT2D eigenvalue weighted by Crippen LogP contribution is 2.55. The standard InChI is InChI=1S/C84H70BN3O/c1-8-9-36-65-80(68(57-34-20-13-21-35-57)53-69-64-39-24-27-42-78(64)89-82(65)69)87-74-46-43-58(54-28-14-10-15-29-54)47-71(74)85-70-45-44-61(86-72-40-25-22-37-62(72)63-38-23-26-41-73(63)86)52-75(70)88(77-51-60(84(5,6)7)50-76(87)79(77)85)81-66(55-30-16-11-17-31-55)48-59(83(2,3)4)49-67(81)56-32-18-12-19-33-56/h10-35,37-53H,8-9,36H2,1-7H3. The summed E-state index contributed by atoms with van der Waals surface area (Å²) in [6.07, 6.45) is 2.87. The number of furan rings is 1. The minimum atomic E-state index is -0.280. The average molecular weight is 1150 g/mol. The van der Waals surface area contributed by atoms with Crippen LogP contribution in [0.4, 0.5) is 34.1 Å². The van der Waals surface area contributed by atoms with E-state index < -0.39 is 0 Å². The van der Waals surface area contributed by atoms with E-state index in [-0.39, 0.29) is 17.5 Å². The van der Waals surface area contributed by atoms with E-state index in [1.165, 1.54) is 122 Å². The molecular formula is C84H70BN3O. The molecule has 430 valence electrons. The summed E-state index contributed by atoms with van der Waals surface area (Å²) in [7, 11) is 0. The zero-order valence-electron chi connectivity index (χ0n) is 51.8. The second-order valence-electron chi connectivity index (χ2n) is 26.6. The van der Waals surface area contributed by atoms with E-state index in [9.17, 15) is 0 Å². The van der Waals surface area contributed by atoms with Gasteiger partial charge in [0.25, 0.3) is 6.71 Å². The number of fused-ring (bicyclic) bond motifs is 10. The number of rotatable bonds is 10. The molecule has 2 aliphatic heterocycles. The molecule has 4 heterocycles. The molecule has 16 rings (SSSR count). The first-order valence-electron chi connectivity index (χ1n) is 31.8. The molecule has 0 atom stereocenters. The minimum absolute atomic E-state index is 0.168. The number of hydrogen-bond acceptors (Lipinski definition) is 3. The van der Waals surface area contributed by atoms with Gasteiger partial charge in [-0.05, 0) is 146 Å². The van der Waals surface area contributed by atoms with Crippen LogP contribution in [0.15, 0.2) is 265 Å². The highest BCUT2D eigenvalue weighted by molar-refractivity contribution is 7.00. The van der Waals surface area contributed by atoms with E-state index in [0.29, 0.717) is 0 Å². The lowest BCUT2D eigenvalue weighted by molar-refractivity contribution is 0.590. The molecule has 0 fully saturated rings. The Morgan fingerprint density at radius 1 is 0.382 bits per heavy atom. The number of benzene rings is 12. The van der Waals surface area contributed by atoms with Gasteiger partial charge in [-0.25, -0.2) is 0 Å². The van der Waals surface area contributed by atoms with Crippen LogP contribution in [-0.4, -0.2) is 11.3 Å². The van der Waals surface area contributed by atoms with Crippen molar-refractivity contribution >= 4 is 101 Å². The van der Waals surface area contributed by atoms with E-state index in [2.05, 4.69) is 324 Å².